The average Bonchev–Trinajstić information content (AvgIpc) is 2.55. The molecule has 0 saturated carbocycles. The van der Waals surface area contributed by atoms with E-state index >= 15 is 0 Å². The van der Waals surface area contributed by atoms with Crippen molar-refractivity contribution in [2.45, 2.75) is 32.5 Å². The summed E-state index contributed by atoms with van der Waals surface area (Å²) in [6.45, 7) is 3.97. The van der Waals surface area contributed by atoms with E-state index in [0.717, 1.165) is 24.6 Å². The predicted molar refractivity (Wildman–Crippen MR) is 92.0 cm³/mol. The molecule has 0 aliphatic carbocycles. The van der Waals surface area contributed by atoms with Crippen LogP contribution < -0.4 is 10.6 Å². The number of hydrogen-bond acceptors (Lipinski definition) is 3. The molecule has 1 unspecified atom stereocenters. The lowest BCUT2D eigenvalue weighted by molar-refractivity contribution is -0.137. The van der Waals surface area contributed by atoms with E-state index in [-0.39, 0.29) is 22.3 Å². The molecule has 2 rings (SSSR count). The Morgan fingerprint density at radius 1 is 1.28 bits per heavy atom. The van der Waals surface area contributed by atoms with Gasteiger partial charge in [-0.05, 0) is 43.7 Å². The zero-order valence-corrected chi connectivity index (χ0v) is 14.4. The zero-order valence-electron chi connectivity index (χ0n) is 13.6. The summed E-state index contributed by atoms with van der Waals surface area (Å²) >= 11 is 5.89. The normalized spacial score (nSPS) is 12.6. The number of aromatic nitrogens is 1. The van der Waals surface area contributed by atoms with Gasteiger partial charge in [0, 0.05) is 17.8 Å². The summed E-state index contributed by atoms with van der Waals surface area (Å²) < 4.78 is 38.4. The van der Waals surface area contributed by atoms with E-state index in [4.69, 9.17) is 11.6 Å². The first-order valence-electron chi connectivity index (χ1n) is 7.61. The van der Waals surface area contributed by atoms with Crippen LogP contribution in [0.4, 0.5) is 24.7 Å². The SMILES string of the molecule is CCC(C)Nc1cc(C(=O)Nc2cc(C(F)(F)F)ccc2Cl)ccn1. The number of pyridine rings is 1. The number of rotatable bonds is 5. The third kappa shape index (κ3) is 5.09. The number of benzene rings is 1. The van der Waals surface area contributed by atoms with Gasteiger partial charge in [0.1, 0.15) is 5.82 Å². The summed E-state index contributed by atoms with van der Waals surface area (Å²) in [6.07, 6.45) is -2.20. The fourth-order valence-corrected chi connectivity index (χ4v) is 2.16. The van der Waals surface area contributed by atoms with Crippen molar-refractivity contribution < 1.29 is 18.0 Å². The number of carbonyl (C=O) groups is 1. The number of amides is 1. The van der Waals surface area contributed by atoms with Crippen molar-refractivity contribution in [1.82, 2.24) is 4.98 Å². The number of halogens is 4. The standard InChI is InChI=1S/C17H17ClF3N3O/c1-3-10(2)23-15-8-11(6-7-22-15)16(25)24-14-9-12(17(19,20)21)4-5-13(14)18/h4-10H,3H2,1-2H3,(H,22,23)(H,24,25). The van der Waals surface area contributed by atoms with Gasteiger partial charge >= 0.3 is 6.18 Å². The fourth-order valence-electron chi connectivity index (χ4n) is 2.00. The molecule has 0 bridgehead atoms. The number of anilines is 2. The molecule has 1 aromatic heterocycles. The number of hydrogen-bond donors (Lipinski definition) is 2. The maximum Gasteiger partial charge on any atom is 0.416 e. The molecule has 0 aliphatic heterocycles. The molecule has 1 atom stereocenters. The second-order valence-electron chi connectivity index (χ2n) is 5.53. The third-order valence-electron chi connectivity index (χ3n) is 3.57. The van der Waals surface area contributed by atoms with Crippen LogP contribution in [-0.4, -0.2) is 16.9 Å². The van der Waals surface area contributed by atoms with E-state index in [2.05, 4.69) is 15.6 Å². The van der Waals surface area contributed by atoms with Gasteiger partial charge < -0.3 is 10.6 Å². The predicted octanol–water partition coefficient (Wildman–Crippen LogP) is 5.22. The van der Waals surface area contributed by atoms with Gasteiger partial charge in [-0.2, -0.15) is 13.2 Å². The van der Waals surface area contributed by atoms with E-state index in [0.29, 0.717) is 5.82 Å². The highest BCUT2D eigenvalue weighted by molar-refractivity contribution is 6.34. The summed E-state index contributed by atoms with van der Waals surface area (Å²) in [6, 6.07) is 5.94. The number of alkyl halides is 3. The molecule has 8 heteroatoms. The smallest absolute Gasteiger partial charge is 0.368 e. The van der Waals surface area contributed by atoms with E-state index in [1.54, 1.807) is 0 Å². The van der Waals surface area contributed by atoms with Gasteiger partial charge in [0.25, 0.3) is 5.91 Å². The van der Waals surface area contributed by atoms with Crippen molar-refractivity contribution in [3.05, 3.63) is 52.7 Å². The Morgan fingerprint density at radius 3 is 2.64 bits per heavy atom. The first-order chi connectivity index (χ1) is 11.7. The third-order valence-corrected chi connectivity index (χ3v) is 3.90. The van der Waals surface area contributed by atoms with E-state index < -0.39 is 17.6 Å². The molecule has 25 heavy (non-hydrogen) atoms. The monoisotopic (exact) mass is 371 g/mol. The van der Waals surface area contributed by atoms with Crippen LogP contribution in [-0.2, 0) is 6.18 Å². The van der Waals surface area contributed by atoms with Crippen LogP contribution in [0.2, 0.25) is 5.02 Å². The van der Waals surface area contributed by atoms with Crippen LogP contribution >= 0.6 is 11.6 Å². The van der Waals surface area contributed by atoms with Crippen LogP contribution in [0.25, 0.3) is 0 Å². The second-order valence-corrected chi connectivity index (χ2v) is 5.94. The lowest BCUT2D eigenvalue weighted by Crippen LogP contribution is -2.17. The molecule has 0 aliphatic rings. The zero-order chi connectivity index (χ0) is 18.6. The summed E-state index contributed by atoms with van der Waals surface area (Å²) in [5.74, 6) is -0.0621. The maximum absolute atomic E-state index is 12.8. The molecular formula is C17H17ClF3N3O. The molecule has 0 saturated heterocycles. The molecule has 4 nitrogen and oxygen atoms in total. The van der Waals surface area contributed by atoms with Gasteiger partial charge in [-0.25, -0.2) is 4.98 Å². The van der Waals surface area contributed by atoms with Crippen LogP contribution in [0.3, 0.4) is 0 Å². The van der Waals surface area contributed by atoms with Crippen molar-refractivity contribution in [3.63, 3.8) is 0 Å². The molecule has 0 fully saturated rings. The minimum absolute atomic E-state index is 0.0216. The lowest BCUT2D eigenvalue weighted by atomic mass is 10.1. The van der Waals surface area contributed by atoms with Gasteiger partial charge in [0.2, 0.25) is 0 Å². The number of nitrogens with zero attached hydrogens (tertiary/aromatic N) is 1. The van der Waals surface area contributed by atoms with Gasteiger partial charge in [-0.15, -0.1) is 0 Å². The molecule has 1 aromatic carbocycles. The van der Waals surface area contributed by atoms with Crippen LogP contribution in [0, 0.1) is 0 Å². The Bertz CT molecular complexity index is 765. The van der Waals surface area contributed by atoms with Crippen molar-refractivity contribution in [2.75, 3.05) is 10.6 Å². The summed E-state index contributed by atoms with van der Waals surface area (Å²) in [7, 11) is 0. The molecule has 0 radical (unpaired) electrons. The lowest BCUT2D eigenvalue weighted by Gasteiger charge is -2.14. The van der Waals surface area contributed by atoms with Crippen molar-refractivity contribution in [3.8, 4) is 0 Å². The highest BCUT2D eigenvalue weighted by Gasteiger charge is 2.31. The molecule has 1 amide bonds. The molecule has 2 aromatic rings. The van der Waals surface area contributed by atoms with Crippen molar-refractivity contribution >= 4 is 29.0 Å². The van der Waals surface area contributed by atoms with Crippen LogP contribution in [0.5, 0.6) is 0 Å². The van der Waals surface area contributed by atoms with Gasteiger partial charge in [0.05, 0.1) is 16.3 Å². The molecule has 0 spiro atoms. The first-order valence-corrected chi connectivity index (χ1v) is 7.99. The van der Waals surface area contributed by atoms with Crippen molar-refractivity contribution in [2.24, 2.45) is 0 Å². The first kappa shape index (κ1) is 19.1. The van der Waals surface area contributed by atoms with Crippen LogP contribution in [0.1, 0.15) is 36.2 Å². The Balaban J connectivity index is 2.21. The van der Waals surface area contributed by atoms with E-state index in [1.807, 2.05) is 13.8 Å². The molecule has 2 N–H and O–H groups in total. The Morgan fingerprint density at radius 2 is 2.00 bits per heavy atom. The Labute approximate surface area is 148 Å². The van der Waals surface area contributed by atoms with Gasteiger partial charge in [-0.3, -0.25) is 4.79 Å². The average molecular weight is 372 g/mol. The summed E-state index contributed by atoms with van der Waals surface area (Å²) in [5, 5.41) is 5.55. The highest BCUT2D eigenvalue weighted by atomic mass is 35.5. The molecular weight excluding hydrogens is 355 g/mol. The molecule has 134 valence electrons. The quantitative estimate of drug-likeness (QED) is 0.758. The molecule has 1 heterocycles. The van der Waals surface area contributed by atoms with Gasteiger partial charge in [0.15, 0.2) is 0 Å². The number of nitrogens with one attached hydrogen (secondary N) is 2. The van der Waals surface area contributed by atoms with Crippen LogP contribution in [0.15, 0.2) is 36.5 Å². The van der Waals surface area contributed by atoms with E-state index in [9.17, 15) is 18.0 Å². The summed E-state index contributed by atoms with van der Waals surface area (Å²) in [4.78, 5) is 16.4. The maximum atomic E-state index is 12.8. The topological polar surface area (TPSA) is 54.0 Å². The highest BCUT2D eigenvalue weighted by Crippen LogP contribution is 2.34. The minimum Gasteiger partial charge on any atom is -0.368 e. The minimum atomic E-state index is -4.52. The fraction of sp³-hybridized carbons (Fsp3) is 0.294. The summed E-state index contributed by atoms with van der Waals surface area (Å²) in [5.41, 5.74) is -0.731. The largest absolute Gasteiger partial charge is 0.416 e. The van der Waals surface area contributed by atoms with E-state index in [1.165, 1.54) is 18.3 Å². The van der Waals surface area contributed by atoms with Gasteiger partial charge in [-0.1, -0.05) is 18.5 Å². The Hall–Kier alpha value is -2.28. The van der Waals surface area contributed by atoms with Crippen molar-refractivity contribution in [1.29, 1.82) is 0 Å². The Kier molecular flexibility index (Phi) is 5.89. The number of carbonyl (C=O) groups excluding carboxylic acids is 1. The second kappa shape index (κ2) is 7.74.